The minimum Gasteiger partial charge on any atom is -0.482 e. The molecule has 14 heteroatoms. The maximum Gasteiger partial charge on any atom is 0.306 e. The average molecular weight is 794 g/mol. The van der Waals surface area contributed by atoms with Crippen LogP contribution in [0.15, 0.2) is 30.3 Å². The Hall–Kier alpha value is -3.94. The summed E-state index contributed by atoms with van der Waals surface area (Å²) in [6.07, 6.45) is 11.5. The molecule has 0 radical (unpaired) electrons. The van der Waals surface area contributed by atoms with Crippen molar-refractivity contribution in [1.82, 2.24) is 14.9 Å². The zero-order chi connectivity index (χ0) is 39.2. The van der Waals surface area contributed by atoms with Crippen LogP contribution in [0.2, 0.25) is 0 Å². The molecule has 3 heterocycles. The van der Waals surface area contributed by atoms with E-state index in [1.165, 1.54) is 9.63 Å². The van der Waals surface area contributed by atoms with Gasteiger partial charge in [-0.05, 0) is 88.0 Å². The maximum atomic E-state index is 14.9. The third-order valence-electron chi connectivity index (χ3n) is 13.7. The van der Waals surface area contributed by atoms with E-state index in [1.54, 1.807) is 0 Å². The summed E-state index contributed by atoms with van der Waals surface area (Å²) >= 11 is 0. The smallest absolute Gasteiger partial charge is 0.306 e. The van der Waals surface area contributed by atoms with E-state index in [-0.39, 0.29) is 61.5 Å². The number of nitrogens with one attached hydrogen (secondary N) is 2. The standard InChI is InChI=1S/C42H56N4O9S/c1-2-29-24-42(29,41(50)44-56(52,53)31-19-20-31)43-39(48)35-22-30-25-45(35)40(49)32(26-11-6-7-12-26)23-38(47)55-36-18-10-15-27(36)13-4-3-5-17-34-37(54-30)21-28-14-8-9-16-33(28)46(34)51/h8-9,14,16,21,26-27,29-32,35-36H,2-7,10-13,15,17-20,22-25H2,1H3,(H2-,43,44,48,50,51)/p+1/t27-,29+,30+,32-,35-,36-,42+/m0/s1. The summed E-state index contributed by atoms with van der Waals surface area (Å²) in [7, 11) is -3.86. The summed E-state index contributed by atoms with van der Waals surface area (Å²) in [5.74, 6) is -2.21. The number of sulfonamides is 1. The van der Waals surface area contributed by atoms with Gasteiger partial charge in [0.25, 0.3) is 17.1 Å². The highest BCUT2D eigenvalue weighted by Crippen LogP contribution is 2.47. The van der Waals surface area contributed by atoms with Crippen LogP contribution in [0, 0.1) is 23.7 Å². The van der Waals surface area contributed by atoms with E-state index in [0.717, 1.165) is 76.0 Å². The first-order chi connectivity index (χ1) is 27.0. The number of fused-ring (bicyclic) bond motifs is 5. The lowest BCUT2D eigenvalue weighted by Gasteiger charge is -2.32. The molecule has 1 saturated heterocycles. The number of hydrogen-bond acceptors (Lipinski definition) is 9. The molecule has 4 saturated carbocycles. The second kappa shape index (κ2) is 15.8. The first kappa shape index (κ1) is 38.9. The molecule has 5 fully saturated rings. The molecule has 13 nitrogen and oxygen atoms in total. The summed E-state index contributed by atoms with van der Waals surface area (Å²) in [5.41, 5.74) is -0.147. The van der Waals surface area contributed by atoms with Crippen LogP contribution in [0.1, 0.15) is 122 Å². The fourth-order valence-electron chi connectivity index (χ4n) is 10.2. The molecule has 2 aromatic rings. The van der Waals surface area contributed by atoms with Gasteiger partial charge in [-0.3, -0.25) is 29.1 Å². The van der Waals surface area contributed by atoms with Crippen LogP contribution in [-0.2, 0) is 40.4 Å². The minimum absolute atomic E-state index is 0.0400. The first-order valence-corrected chi connectivity index (χ1v) is 22.7. The number of para-hydroxylation sites is 1. The average Bonchev–Trinajstić information content (AvgIpc) is 3.96. The topological polar surface area (TPSA) is 172 Å². The van der Waals surface area contributed by atoms with E-state index in [0.29, 0.717) is 42.6 Å². The number of benzene rings is 1. The van der Waals surface area contributed by atoms with Crippen molar-refractivity contribution in [3.8, 4) is 5.75 Å². The van der Waals surface area contributed by atoms with Gasteiger partial charge in [0.1, 0.15) is 23.8 Å². The van der Waals surface area contributed by atoms with Gasteiger partial charge < -0.3 is 19.7 Å². The van der Waals surface area contributed by atoms with E-state index in [2.05, 4.69) is 10.0 Å². The molecule has 4 aliphatic carbocycles. The Morgan fingerprint density at radius 2 is 1.68 bits per heavy atom. The molecule has 2 aliphatic heterocycles. The largest absolute Gasteiger partial charge is 0.482 e. The number of nitrogens with zero attached hydrogens (tertiary/aromatic N) is 2. The highest BCUT2D eigenvalue weighted by atomic mass is 32.2. The molecular formula is C42H57N4O9S+. The Balaban J connectivity index is 1.13. The zero-order valence-corrected chi connectivity index (χ0v) is 33.3. The zero-order valence-electron chi connectivity index (χ0n) is 32.5. The molecular weight excluding hydrogens is 737 g/mol. The van der Waals surface area contributed by atoms with Gasteiger partial charge in [0.2, 0.25) is 21.8 Å². The van der Waals surface area contributed by atoms with Crippen LogP contribution in [0.4, 0.5) is 0 Å². The molecule has 8 rings (SSSR count). The van der Waals surface area contributed by atoms with Crippen molar-refractivity contribution in [2.45, 2.75) is 152 Å². The van der Waals surface area contributed by atoms with Crippen LogP contribution in [-0.4, -0.2) is 77.8 Å². The third-order valence-corrected chi connectivity index (χ3v) is 15.5. The van der Waals surface area contributed by atoms with Gasteiger partial charge in [-0.25, -0.2) is 8.42 Å². The Morgan fingerprint density at radius 1 is 0.946 bits per heavy atom. The summed E-state index contributed by atoms with van der Waals surface area (Å²) in [6.45, 7) is 1.95. The molecule has 0 unspecified atom stereocenters. The first-order valence-electron chi connectivity index (χ1n) is 21.2. The number of esters is 1. The lowest BCUT2D eigenvalue weighted by molar-refractivity contribution is -0.889. The van der Waals surface area contributed by atoms with Crippen molar-refractivity contribution >= 4 is 44.6 Å². The highest BCUT2D eigenvalue weighted by molar-refractivity contribution is 7.91. The Kier molecular flexibility index (Phi) is 11.0. The predicted molar refractivity (Wildman–Crippen MR) is 205 cm³/mol. The fourth-order valence-corrected chi connectivity index (χ4v) is 11.6. The van der Waals surface area contributed by atoms with E-state index in [4.69, 9.17) is 9.47 Å². The van der Waals surface area contributed by atoms with E-state index in [1.807, 2.05) is 37.3 Å². The van der Waals surface area contributed by atoms with Gasteiger partial charge in [0.15, 0.2) is 5.75 Å². The Labute approximate surface area is 329 Å². The lowest BCUT2D eigenvalue weighted by atomic mass is 9.86. The van der Waals surface area contributed by atoms with Crippen LogP contribution >= 0.6 is 0 Å². The molecule has 6 aliphatic rings. The Bertz CT molecular complexity index is 1960. The van der Waals surface area contributed by atoms with Gasteiger partial charge in [-0.2, -0.15) is 0 Å². The summed E-state index contributed by atoms with van der Waals surface area (Å²) in [6, 6.07) is 8.38. The molecule has 1 aromatic carbocycles. The molecule has 1 aromatic heterocycles. The lowest BCUT2D eigenvalue weighted by Crippen LogP contribution is -2.57. The van der Waals surface area contributed by atoms with Gasteiger partial charge >= 0.3 is 5.97 Å². The number of carbonyl (C=O) groups excluding carboxylic acids is 4. The molecule has 56 heavy (non-hydrogen) atoms. The second-order valence-corrected chi connectivity index (χ2v) is 19.4. The van der Waals surface area contributed by atoms with E-state index >= 15 is 0 Å². The maximum absolute atomic E-state index is 14.9. The van der Waals surface area contributed by atoms with E-state index < -0.39 is 50.7 Å². The number of hydrogen-bond donors (Lipinski definition) is 3. The number of amides is 3. The van der Waals surface area contributed by atoms with Crippen LogP contribution < -0.4 is 19.5 Å². The second-order valence-electron chi connectivity index (χ2n) is 17.4. The SMILES string of the molecule is CC[C@@H]1C[C@]1(NC(=O)[C@@H]1C[C@@H]2CN1C(=O)[C@H](C1CCCC1)CC(=O)O[C@H]1CCC[C@@H]1CCCCCc1c(cc3ccccc3[n+]1O)O2)C(=O)NS(=O)(=O)C1CC1. The Morgan fingerprint density at radius 3 is 2.43 bits per heavy atom. The van der Waals surface area contributed by atoms with Crippen LogP contribution in [0.3, 0.4) is 0 Å². The molecule has 304 valence electrons. The third kappa shape index (κ3) is 7.83. The number of pyridine rings is 1. The summed E-state index contributed by atoms with van der Waals surface area (Å²) < 4.78 is 42.0. The van der Waals surface area contributed by atoms with Crippen molar-refractivity contribution in [3.05, 3.63) is 36.0 Å². The van der Waals surface area contributed by atoms with Crippen molar-refractivity contribution in [1.29, 1.82) is 0 Å². The number of ether oxygens (including phenoxy) is 2. The molecule has 3 N–H and O–H groups in total. The highest BCUT2D eigenvalue weighted by Gasteiger charge is 2.62. The van der Waals surface area contributed by atoms with Crippen molar-refractivity contribution in [2.24, 2.45) is 23.7 Å². The normalized spacial score (nSPS) is 31.8. The van der Waals surface area contributed by atoms with Gasteiger partial charge in [-0.15, -0.1) is 0 Å². The summed E-state index contributed by atoms with van der Waals surface area (Å²) in [4.78, 5) is 58.4. The molecule has 7 atom stereocenters. The van der Waals surface area contributed by atoms with Gasteiger partial charge in [0, 0.05) is 29.7 Å². The van der Waals surface area contributed by atoms with Crippen molar-refractivity contribution in [2.75, 3.05) is 6.54 Å². The molecule has 2 bridgehead atoms. The van der Waals surface area contributed by atoms with Crippen molar-refractivity contribution in [3.63, 3.8) is 0 Å². The van der Waals surface area contributed by atoms with Crippen molar-refractivity contribution < 1.29 is 47.0 Å². The van der Waals surface area contributed by atoms with Gasteiger partial charge in [0.05, 0.1) is 29.5 Å². The molecule has 3 amide bonds. The fraction of sp³-hybridized carbons (Fsp3) is 0.690. The van der Waals surface area contributed by atoms with Crippen LogP contribution in [0.25, 0.3) is 10.9 Å². The number of rotatable bonds is 7. The monoisotopic (exact) mass is 793 g/mol. The van der Waals surface area contributed by atoms with Crippen LogP contribution in [0.5, 0.6) is 5.75 Å². The minimum atomic E-state index is -3.86. The summed E-state index contributed by atoms with van der Waals surface area (Å²) in [5, 5.41) is 14.7. The number of carbonyl (C=O) groups is 4. The quantitative estimate of drug-likeness (QED) is 0.205. The number of aromatic nitrogens is 1. The molecule has 0 spiro atoms. The predicted octanol–water partition coefficient (Wildman–Crippen LogP) is 4.63. The van der Waals surface area contributed by atoms with E-state index in [9.17, 15) is 32.8 Å². The van der Waals surface area contributed by atoms with Gasteiger partial charge in [-0.1, -0.05) is 51.2 Å².